The second-order valence-corrected chi connectivity index (χ2v) is 5.09. The van der Waals surface area contributed by atoms with Gasteiger partial charge in [0, 0.05) is 30.1 Å². The molecule has 0 aliphatic carbocycles. The van der Waals surface area contributed by atoms with Crippen LogP contribution in [0.2, 0.25) is 0 Å². The fourth-order valence-electron chi connectivity index (χ4n) is 2.45. The Labute approximate surface area is 119 Å². The topological polar surface area (TPSA) is 53.4 Å². The number of rotatable bonds is 5. The number of pyridine rings is 1. The second kappa shape index (κ2) is 5.90. The molecule has 1 atom stereocenters. The van der Waals surface area contributed by atoms with E-state index in [0.29, 0.717) is 6.04 Å². The monoisotopic (exact) mass is 272 g/mol. The van der Waals surface area contributed by atoms with Crippen LogP contribution in [-0.4, -0.2) is 29.1 Å². The number of hydrogen-bond donors (Lipinski definition) is 1. The molecule has 0 saturated heterocycles. The molecule has 1 unspecified atom stereocenters. The van der Waals surface area contributed by atoms with Crippen molar-refractivity contribution in [3.63, 3.8) is 0 Å². The Hall–Kier alpha value is -2.10. The van der Waals surface area contributed by atoms with E-state index in [1.807, 2.05) is 31.3 Å². The van der Waals surface area contributed by atoms with Crippen molar-refractivity contribution in [3.05, 3.63) is 36.0 Å². The Bertz CT molecular complexity index is 625. The highest BCUT2D eigenvalue weighted by Gasteiger charge is 2.17. The molecular weight excluding hydrogens is 252 g/mol. The first kappa shape index (κ1) is 14.3. The molecule has 4 nitrogen and oxygen atoms in total. The minimum Gasteiger partial charge on any atom is -0.478 e. The zero-order valence-electron chi connectivity index (χ0n) is 12.1. The Kier molecular flexibility index (Phi) is 4.23. The lowest BCUT2D eigenvalue weighted by Gasteiger charge is -2.27. The minimum absolute atomic E-state index is 0.251. The smallest absolute Gasteiger partial charge is 0.337 e. The summed E-state index contributed by atoms with van der Waals surface area (Å²) in [6.07, 6.45) is 3.64. The first-order chi connectivity index (χ1) is 9.56. The summed E-state index contributed by atoms with van der Waals surface area (Å²) < 4.78 is 0. The van der Waals surface area contributed by atoms with Gasteiger partial charge in [0.1, 0.15) is 5.82 Å². The number of aromatic nitrogens is 1. The van der Waals surface area contributed by atoms with E-state index < -0.39 is 5.97 Å². The van der Waals surface area contributed by atoms with Gasteiger partial charge in [0.25, 0.3) is 0 Å². The van der Waals surface area contributed by atoms with E-state index in [1.54, 1.807) is 0 Å². The third kappa shape index (κ3) is 2.59. The first-order valence-corrected chi connectivity index (χ1v) is 6.90. The van der Waals surface area contributed by atoms with Gasteiger partial charge in [-0.2, -0.15) is 0 Å². The van der Waals surface area contributed by atoms with E-state index in [2.05, 4.69) is 23.7 Å². The van der Waals surface area contributed by atoms with Crippen molar-refractivity contribution in [2.75, 3.05) is 11.9 Å². The van der Waals surface area contributed by atoms with E-state index in [9.17, 15) is 9.90 Å². The Morgan fingerprint density at radius 3 is 2.60 bits per heavy atom. The van der Waals surface area contributed by atoms with Gasteiger partial charge in [0.15, 0.2) is 0 Å². The summed E-state index contributed by atoms with van der Waals surface area (Å²) in [5.41, 5.74) is 0.251. The molecule has 2 rings (SSSR count). The van der Waals surface area contributed by atoms with Gasteiger partial charge in [-0.25, -0.2) is 9.78 Å². The number of nitrogens with zero attached hydrogens (tertiary/aromatic N) is 2. The average molecular weight is 272 g/mol. The molecule has 1 N–H and O–H groups in total. The maximum atomic E-state index is 11.3. The number of fused-ring (bicyclic) bond motifs is 1. The van der Waals surface area contributed by atoms with E-state index in [0.717, 1.165) is 29.4 Å². The molecule has 1 aromatic heterocycles. The number of aromatic carboxylic acids is 1. The van der Waals surface area contributed by atoms with Crippen molar-refractivity contribution < 1.29 is 9.90 Å². The summed E-state index contributed by atoms with van der Waals surface area (Å²) in [6.45, 7) is 4.31. The van der Waals surface area contributed by atoms with Crippen LogP contribution in [0.3, 0.4) is 0 Å². The molecule has 106 valence electrons. The molecule has 0 saturated carbocycles. The van der Waals surface area contributed by atoms with Crippen molar-refractivity contribution in [2.45, 2.75) is 32.7 Å². The van der Waals surface area contributed by atoms with Gasteiger partial charge in [-0.1, -0.05) is 37.6 Å². The van der Waals surface area contributed by atoms with Crippen LogP contribution in [0.15, 0.2) is 30.5 Å². The lowest BCUT2D eigenvalue weighted by Crippen LogP contribution is -2.29. The first-order valence-electron chi connectivity index (χ1n) is 6.90. The van der Waals surface area contributed by atoms with Gasteiger partial charge < -0.3 is 10.0 Å². The zero-order valence-corrected chi connectivity index (χ0v) is 12.1. The van der Waals surface area contributed by atoms with Gasteiger partial charge >= 0.3 is 5.97 Å². The molecule has 0 fully saturated rings. The number of anilines is 1. The largest absolute Gasteiger partial charge is 0.478 e. The van der Waals surface area contributed by atoms with Crippen LogP contribution < -0.4 is 4.90 Å². The molecule has 0 bridgehead atoms. The van der Waals surface area contributed by atoms with Crippen molar-refractivity contribution in [1.82, 2.24) is 4.98 Å². The maximum Gasteiger partial charge on any atom is 0.337 e. The molecule has 0 aliphatic heterocycles. The zero-order chi connectivity index (χ0) is 14.7. The lowest BCUT2D eigenvalue weighted by molar-refractivity contribution is 0.0698. The maximum absolute atomic E-state index is 11.3. The molecular formula is C16H20N2O2. The van der Waals surface area contributed by atoms with Gasteiger partial charge in [-0.15, -0.1) is 0 Å². The summed E-state index contributed by atoms with van der Waals surface area (Å²) >= 11 is 0. The Balaban J connectivity index is 2.56. The molecule has 0 spiro atoms. The SMILES string of the molecule is CCCC(C)N(C)c1ncc(C(=O)O)c2ccccc12. The molecule has 0 radical (unpaired) electrons. The van der Waals surface area contributed by atoms with Crippen LogP contribution in [-0.2, 0) is 0 Å². The van der Waals surface area contributed by atoms with Gasteiger partial charge in [0.2, 0.25) is 0 Å². The molecule has 0 aliphatic rings. The van der Waals surface area contributed by atoms with Gasteiger partial charge in [-0.3, -0.25) is 0 Å². The van der Waals surface area contributed by atoms with Crippen LogP contribution >= 0.6 is 0 Å². The standard InChI is InChI=1S/C16H20N2O2/c1-4-7-11(2)18(3)15-13-9-6-5-8-12(13)14(10-17-15)16(19)20/h5-6,8-11H,4,7H2,1-3H3,(H,19,20). The second-order valence-electron chi connectivity index (χ2n) is 5.09. The lowest BCUT2D eigenvalue weighted by atomic mass is 10.1. The number of hydrogen-bond acceptors (Lipinski definition) is 3. The fourth-order valence-corrected chi connectivity index (χ4v) is 2.45. The van der Waals surface area contributed by atoms with Crippen LogP contribution in [0.1, 0.15) is 37.0 Å². The van der Waals surface area contributed by atoms with Gasteiger partial charge in [0.05, 0.1) is 5.56 Å². The fraction of sp³-hybridized carbons (Fsp3) is 0.375. The Morgan fingerprint density at radius 2 is 2.00 bits per heavy atom. The summed E-state index contributed by atoms with van der Waals surface area (Å²) in [5, 5.41) is 10.9. The van der Waals surface area contributed by atoms with Crippen molar-refractivity contribution in [2.24, 2.45) is 0 Å². The highest BCUT2D eigenvalue weighted by atomic mass is 16.4. The number of carbonyl (C=O) groups is 1. The van der Waals surface area contributed by atoms with Crippen LogP contribution in [0.5, 0.6) is 0 Å². The highest BCUT2D eigenvalue weighted by molar-refractivity contribution is 6.06. The summed E-state index contributed by atoms with van der Waals surface area (Å²) in [5.74, 6) is -0.101. The van der Waals surface area contributed by atoms with E-state index in [-0.39, 0.29) is 5.56 Å². The van der Waals surface area contributed by atoms with E-state index in [4.69, 9.17) is 0 Å². The van der Waals surface area contributed by atoms with Crippen molar-refractivity contribution in [3.8, 4) is 0 Å². The minimum atomic E-state index is -0.940. The molecule has 2 aromatic rings. The van der Waals surface area contributed by atoms with Crippen LogP contribution in [0.4, 0.5) is 5.82 Å². The van der Waals surface area contributed by atoms with E-state index in [1.165, 1.54) is 6.20 Å². The quantitative estimate of drug-likeness (QED) is 0.904. The summed E-state index contributed by atoms with van der Waals surface area (Å²) in [6, 6.07) is 7.90. The predicted octanol–water partition coefficient (Wildman–Crippen LogP) is 3.56. The van der Waals surface area contributed by atoms with Crippen LogP contribution in [0, 0.1) is 0 Å². The van der Waals surface area contributed by atoms with Crippen molar-refractivity contribution >= 4 is 22.6 Å². The summed E-state index contributed by atoms with van der Waals surface area (Å²) in [4.78, 5) is 17.8. The molecule has 4 heteroatoms. The third-order valence-electron chi connectivity index (χ3n) is 3.71. The third-order valence-corrected chi connectivity index (χ3v) is 3.71. The number of benzene rings is 1. The summed E-state index contributed by atoms with van der Waals surface area (Å²) in [7, 11) is 2.01. The molecule has 20 heavy (non-hydrogen) atoms. The molecule has 0 amide bonds. The van der Waals surface area contributed by atoms with Gasteiger partial charge in [-0.05, 0) is 13.3 Å². The molecule has 1 heterocycles. The van der Waals surface area contributed by atoms with Crippen molar-refractivity contribution in [1.29, 1.82) is 0 Å². The average Bonchev–Trinajstić information content (AvgIpc) is 2.45. The molecule has 1 aromatic carbocycles. The predicted molar refractivity (Wildman–Crippen MR) is 81.5 cm³/mol. The number of carboxylic acids is 1. The normalized spacial score (nSPS) is 12.3. The number of carboxylic acid groups (broad SMARTS) is 1. The Morgan fingerprint density at radius 1 is 1.35 bits per heavy atom. The highest BCUT2D eigenvalue weighted by Crippen LogP contribution is 2.28. The van der Waals surface area contributed by atoms with E-state index >= 15 is 0 Å². The van der Waals surface area contributed by atoms with Crippen LogP contribution in [0.25, 0.3) is 10.8 Å².